The van der Waals surface area contributed by atoms with Gasteiger partial charge in [-0.05, 0) is 18.5 Å². The number of aliphatic imine (C=N–C) groups is 1. The number of amides is 1. The van der Waals surface area contributed by atoms with Gasteiger partial charge < -0.3 is 11.5 Å². The summed E-state index contributed by atoms with van der Waals surface area (Å²) in [5.41, 5.74) is 4.98. The summed E-state index contributed by atoms with van der Waals surface area (Å²) in [6, 6.07) is 0. The Balaban J connectivity index is 3.74. The van der Waals surface area contributed by atoms with Crippen LogP contribution in [0, 0.1) is 0 Å². The highest BCUT2D eigenvalue weighted by Crippen LogP contribution is 2.40. The summed E-state index contributed by atoms with van der Waals surface area (Å²) < 4.78 is 65.5. The van der Waals surface area contributed by atoms with Crippen LogP contribution in [-0.2, 0) is 18.1 Å². The van der Waals surface area contributed by atoms with E-state index in [1.165, 1.54) is 6.92 Å². The summed E-state index contributed by atoms with van der Waals surface area (Å²) in [6.45, 7) is 0.865. The molecule has 0 saturated heterocycles. The van der Waals surface area contributed by atoms with Crippen LogP contribution in [0.2, 0.25) is 0 Å². The highest BCUT2D eigenvalue weighted by Gasteiger charge is 2.47. The van der Waals surface area contributed by atoms with Gasteiger partial charge in [0, 0.05) is 6.54 Å². The van der Waals surface area contributed by atoms with E-state index in [0.717, 1.165) is 0 Å². The van der Waals surface area contributed by atoms with E-state index >= 15 is 0 Å². The van der Waals surface area contributed by atoms with Crippen LogP contribution in [0.1, 0.15) is 28.7 Å². The maximum absolute atomic E-state index is 13.3. The number of nitrogens with zero attached hydrogens (tertiary/aromatic N) is 3. The van der Waals surface area contributed by atoms with E-state index in [9.17, 15) is 26.7 Å². The summed E-state index contributed by atoms with van der Waals surface area (Å²) in [5.74, 6) is -2.60. The molecular weight excluding hydrogens is 325 g/mol. The number of aromatic nitrogens is 2. The van der Waals surface area contributed by atoms with Gasteiger partial charge in [-0.1, -0.05) is 0 Å². The molecule has 0 bridgehead atoms. The number of rotatable bonds is 3. The van der Waals surface area contributed by atoms with Crippen molar-refractivity contribution in [1.82, 2.24) is 9.78 Å². The van der Waals surface area contributed by atoms with Gasteiger partial charge in [-0.3, -0.25) is 9.48 Å². The molecule has 0 radical (unpaired) electrons. The largest absolute Gasteiger partial charge is 0.435 e. The minimum absolute atomic E-state index is 0.269. The van der Waals surface area contributed by atoms with E-state index in [-0.39, 0.29) is 11.2 Å². The van der Waals surface area contributed by atoms with Gasteiger partial charge in [-0.25, -0.2) is 0 Å². The number of halogens is 6. The molecule has 1 aromatic heterocycles. The smallest absolute Gasteiger partial charge is 0.370 e. The van der Waals surface area contributed by atoms with Crippen LogP contribution in [0.5, 0.6) is 0 Å². The van der Waals surface area contributed by atoms with Crippen LogP contribution >= 0.6 is 11.6 Å². The highest BCUT2D eigenvalue weighted by molar-refractivity contribution is 6.22. The van der Waals surface area contributed by atoms with Gasteiger partial charge in [0.1, 0.15) is 11.3 Å². The van der Waals surface area contributed by atoms with E-state index in [4.69, 9.17) is 23.1 Å². The molecule has 0 unspecified atom stereocenters. The van der Waals surface area contributed by atoms with Crippen LogP contribution in [0.15, 0.2) is 4.99 Å². The van der Waals surface area contributed by atoms with Crippen LogP contribution in [-0.4, -0.2) is 21.6 Å². The van der Waals surface area contributed by atoms with E-state index < -0.39 is 40.4 Å². The molecule has 0 aliphatic carbocycles. The first kappa shape index (κ1) is 17.1. The minimum Gasteiger partial charge on any atom is -0.370 e. The van der Waals surface area contributed by atoms with Crippen LogP contribution in [0.3, 0.4) is 0 Å². The molecule has 1 rings (SSSR count). The van der Waals surface area contributed by atoms with Crippen LogP contribution in [0.4, 0.5) is 22.0 Å². The number of aryl methyl sites for hydroxylation is 1. The van der Waals surface area contributed by atoms with Crippen LogP contribution < -0.4 is 11.5 Å². The number of carbonyl (C=O) groups excluding carboxylic acids is 1. The number of hydrogen-bond acceptors (Lipinski definition) is 2. The Morgan fingerprint density at radius 3 is 2.19 bits per heavy atom. The van der Waals surface area contributed by atoms with E-state index in [2.05, 4.69) is 10.1 Å². The number of nitrogens with two attached hydrogens (primary N) is 2. The summed E-state index contributed by atoms with van der Waals surface area (Å²) >= 11 is 4.77. The summed E-state index contributed by atoms with van der Waals surface area (Å²) in [4.78, 5) is 14.5. The molecule has 1 aromatic rings. The molecule has 1 amide bonds. The number of guanidine groups is 1. The lowest BCUT2D eigenvalue weighted by Gasteiger charge is -2.11. The molecule has 0 fully saturated rings. The second-order valence-corrected chi connectivity index (χ2v) is 4.20. The topological polar surface area (TPSA) is 99.3 Å². The molecule has 0 saturated carbocycles. The van der Waals surface area contributed by atoms with E-state index in [1.54, 1.807) is 0 Å². The lowest BCUT2D eigenvalue weighted by molar-refractivity contribution is -0.141. The monoisotopic (exact) mass is 333 g/mol. The molecule has 12 heteroatoms. The van der Waals surface area contributed by atoms with Crippen molar-refractivity contribution in [3.8, 4) is 0 Å². The molecular formula is C9H9ClF5N5O. The molecule has 4 N–H and O–H groups in total. The van der Waals surface area contributed by atoms with Crippen molar-refractivity contribution in [2.75, 3.05) is 0 Å². The summed E-state index contributed by atoms with van der Waals surface area (Å²) in [7, 11) is 0. The first-order chi connectivity index (χ1) is 9.39. The second kappa shape index (κ2) is 5.47. The van der Waals surface area contributed by atoms with Gasteiger partial charge in [-0.15, -0.1) is 0 Å². The van der Waals surface area contributed by atoms with Gasteiger partial charge in [-0.2, -0.15) is 32.0 Å². The Morgan fingerprint density at radius 2 is 1.86 bits per heavy atom. The third-order valence-corrected chi connectivity index (χ3v) is 2.41. The first-order valence-corrected chi connectivity index (χ1v) is 5.66. The molecule has 21 heavy (non-hydrogen) atoms. The molecule has 118 valence electrons. The fourth-order valence-electron chi connectivity index (χ4n) is 1.55. The predicted octanol–water partition coefficient (Wildman–Crippen LogP) is 1.62. The molecule has 0 aliphatic heterocycles. The number of carbonyl (C=O) groups is 1. The Hall–Kier alpha value is -1.91. The third kappa shape index (κ3) is 3.60. The predicted molar refractivity (Wildman–Crippen MR) is 62.8 cm³/mol. The van der Waals surface area contributed by atoms with E-state index in [1.807, 2.05) is 0 Å². The molecule has 0 spiro atoms. The van der Waals surface area contributed by atoms with Crippen molar-refractivity contribution in [1.29, 1.82) is 0 Å². The zero-order valence-electron chi connectivity index (χ0n) is 10.4. The molecule has 0 atom stereocenters. The standard InChI is InChI=1S/C9H9ClF5N5O/c1-2-20-5(8(10,11)12)3(6(21)18-7(16)17)4(19-20)9(13,14)15/h2H2,1H3,(H4,16,17,18,21). The zero-order valence-corrected chi connectivity index (χ0v) is 11.1. The quantitative estimate of drug-likeness (QED) is 0.380. The fourth-order valence-corrected chi connectivity index (χ4v) is 1.75. The minimum atomic E-state index is -5.17. The maximum atomic E-state index is 13.3. The van der Waals surface area contributed by atoms with Crippen molar-refractivity contribution in [2.24, 2.45) is 16.5 Å². The van der Waals surface area contributed by atoms with Gasteiger partial charge >= 0.3 is 11.6 Å². The molecule has 0 aromatic carbocycles. The first-order valence-electron chi connectivity index (χ1n) is 5.28. The summed E-state index contributed by atoms with van der Waals surface area (Å²) in [5, 5.41) is -1.32. The van der Waals surface area contributed by atoms with Crippen LogP contribution in [0.25, 0.3) is 0 Å². The van der Waals surface area contributed by atoms with Gasteiger partial charge in [0.25, 0.3) is 5.91 Å². The Morgan fingerprint density at radius 1 is 1.33 bits per heavy atom. The molecule has 0 aliphatic rings. The van der Waals surface area contributed by atoms with Gasteiger partial charge in [0.05, 0.1) is 0 Å². The zero-order chi connectivity index (χ0) is 16.6. The van der Waals surface area contributed by atoms with Crippen molar-refractivity contribution in [3.05, 3.63) is 17.0 Å². The molecule has 1 heterocycles. The average molecular weight is 334 g/mol. The number of alkyl halides is 6. The lowest BCUT2D eigenvalue weighted by Crippen LogP contribution is -2.25. The van der Waals surface area contributed by atoms with Crippen molar-refractivity contribution < 1.29 is 26.7 Å². The van der Waals surface area contributed by atoms with Crippen molar-refractivity contribution in [3.63, 3.8) is 0 Å². The van der Waals surface area contributed by atoms with Crippen molar-refractivity contribution >= 4 is 23.5 Å². The normalized spacial score (nSPS) is 12.3. The Bertz CT molecular complexity index is 585. The third-order valence-electron chi connectivity index (χ3n) is 2.23. The summed E-state index contributed by atoms with van der Waals surface area (Å²) in [6.07, 6.45) is -5.17. The van der Waals surface area contributed by atoms with Gasteiger partial charge in [0.2, 0.25) is 0 Å². The second-order valence-electron chi connectivity index (χ2n) is 3.73. The van der Waals surface area contributed by atoms with E-state index in [0.29, 0.717) is 0 Å². The van der Waals surface area contributed by atoms with Gasteiger partial charge in [0.15, 0.2) is 11.7 Å². The fraction of sp³-hybridized carbons (Fsp3) is 0.444. The number of hydrogen-bond donors (Lipinski definition) is 2. The van der Waals surface area contributed by atoms with Crippen molar-refractivity contribution in [2.45, 2.75) is 25.0 Å². The maximum Gasteiger partial charge on any atom is 0.435 e. The highest BCUT2D eigenvalue weighted by atomic mass is 35.5. The SMILES string of the molecule is CCn1nc(C(F)(F)F)c(C(=O)N=C(N)N)c1C(F)(F)Cl. The molecule has 6 nitrogen and oxygen atoms in total. The average Bonchev–Trinajstić information content (AvgIpc) is 2.66. The lowest BCUT2D eigenvalue weighted by atomic mass is 10.1. The Labute approximate surface area is 119 Å². The Kier molecular flexibility index (Phi) is 4.46.